The van der Waals surface area contributed by atoms with E-state index in [0.29, 0.717) is 10.1 Å². The molecule has 0 aliphatic rings. The molecule has 2 aromatic heterocycles. The van der Waals surface area contributed by atoms with E-state index in [4.69, 9.17) is 0 Å². The van der Waals surface area contributed by atoms with E-state index in [1.54, 1.807) is 10.9 Å². The lowest BCUT2D eigenvalue weighted by Gasteiger charge is -2.08. The van der Waals surface area contributed by atoms with Gasteiger partial charge in [0.15, 0.2) is 0 Å². The van der Waals surface area contributed by atoms with E-state index in [9.17, 15) is 4.79 Å². The molecule has 0 aliphatic heterocycles. The van der Waals surface area contributed by atoms with Crippen LogP contribution in [0.25, 0.3) is 0 Å². The van der Waals surface area contributed by atoms with Crippen LogP contribution in [0.3, 0.4) is 0 Å². The number of hydrogen-bond donors (Lipinski definition) is 1. The molecule has 5 nitrogen and oxygen atoms in total. The Morgan fingerprint density at radius 1 is 1.42 bits per heavy atom. The second-order valence-corrected chi connectivity index (χ2v) is 5.20. The predicted molar refractivity (Wildman–Crippen MR) is 83.5 cm³/mol. The third-order valence-corrected chi connectivity index (χ3v) is 3.90. The third-order valence-electron chi connectivity index (χ3n) is 2.65. The Kier molecular flexibility index (Phi) is 4.52. The van der Waals surface area contributed by atoms with Gasteiger partial charge in [-0.05, 0) is 48.6 Å². The van der Waals surface area contributed by atoms with Crippen LogP contribution in [0.15, 0.2) is 29.3 Å². The first-order chi connectivity index (χ1) is 9.11. The van der Waals surface area contributed by atoms with Crippen LogP contribution in [0.5, 0.6) is 0 Å². The highest BCUT2D eigenvalue weighted by molar-refractivity contribution is 14.1. The zero-order valence-corrected chi connectivity index (χ0v) is 13.0. The molecule has 0 fully saturated rings. The van der Waals surface area contributed by atoms with E-state index >= 15 is 0 Å². The maximum atomic E-state index is 12.1. The molecule has 6 heteroatoms. The number of aromatic nitrogens is 3. The molecule has 100 valence electrons. The lowest BCUT2D eigenvalue weighted by atomic mass is 10.3. The van der Waals surface area contributed by atoms with E-state index in [0.717, 1.165) is 23.8 Å². The Balaban J connectivity index is 2.29. The van der Waals surface area contributed by atoms with E-state index in [2.05, 4.69) is 15.3 Å². The van der Waals surface area contributed by atoms with Gasteiger partial charge in [-0.15, -0.1) is 0 Å². The van der Waals surface area contributed by atoms with Crippen molar-refractivity contribution in [1.82, 2.24) is 14.5 Å². The van der Waals surface area contributed by atoms with Crippen molar-refractivity contribution in [1.29, 1.82) is 0 Å². The lowest BCUT2D eigenvalue weighted by molar-refractivity contribution is 0.708. The van der Waals surface area contributed by atoms with Gasteiger partial charge in [0, 0.05) is 6.54 Å². The molecule has 0 aromatic carbocycles. The van der Waals surface area contributed by atoms with Gasteiger partial charge in [0.25, 0.3) is 5.56 Å². The van der Waals surface area contributed by atoms with Crippen LogP contribution in [0.1, 0.15) is 18.3 Å². The average Bonchev–Trinajstić information content (AvgIpc) is 2.40. The molecular weight excluding hydrogens is 355 g/mol. The molecule has 0 radical (unpaired) electrons. The van der Waals surface area contributed by atoms with Gasteiger partial charge in [0.1, 0.15) is 5.82 Å². The van der Waals surface area contributed by atoms with Crippen LogP contribution >= 0.6 is 22.6 Å². The van der Waals surface area contributed by atoms with Crippen LogP contribution in [0, 0.1) is 10.5 Å². The summed E-state index contributed by atoms with van der Waals surface area (Å²) in [5, 5.41) is 3.15. The van der Waals surface area contributed by atoms with Gasteiger partial charge in [-0.1, -0.05) is 6.07 Å². The fraction of sp³-hybridized carbons (Fsp3) is 0.308. The summed E-state index contributed by atoms with van der Waals surface area (Å²) in [5.41, 5.74) is 1.57. The van der Waals surface area contributed by atoms with Gasteiger partial charge in [-0.3, -0.25) is 9.36 Å². The molecule has 0 atom stereocenters. The van der Waals surface area contributed by atoms with Crippen LogP contribution in [0.4, 0.5) is 5.82 Å². The topological polar surface area (TPSA) is 59.8 Å². The minimum atomic E-state index is -0.0243. The summed E-state index contributed by atoms with van der Waals surface area (Å²) < 4.78 is 2.23. The molecular formula is C13H15IN4O. The van der Waals surface area contributed by atoms with E-state index in [1.165, 1.54) is 0 Å². The number of pyridine rings is 1. The van der Waals surface area contributed by atoms with Crippen molar-refractivity contribution < 1.29 is 0 Å². The Morgan fingerprint density at radius 2 is 2.21 bits per heavy atom. The van der Waals surface area contributed by atoms with Crippen LogP contribution < -0.4 is 10.9 Å². The van der Waals surface area contributed by atoms with Gasteiger partial charge in [0.05, 0.1) is 27.8 Å². The van der Waals surface area contributed by atoms with Gasteiger partial charge in [-0.2, -0.15) is 0 Å². The van der Waals surface area contributed by atoms with Crippen molar-refractivity contribution in [3.8, 4) is 0 Å². The third kappa shape index (κ3) is 3.31. The smallest absolute Gasteiger partial charge is 0.267 e. The SMILES string of the molecule is CCNc1cccc(Cn2cnc(C)c(I)c2=O)n1. The zero-order chi connectivity index (χ0) is 13.8. The molecule has 0 saturated carbocycles. The first-order valence-corrected chi connectivity index (χ1v) is 7.11. The Hall–Kier alpha value is -1.44. The molecule has 0 saturated heterocycles. The first kappa shape index (κ1) is 14.0. The quantitative estimate of drug-likeness (QED) is 0.837. The molecule has 0 aliphatic carbocycles. The monoisotopic (exact) mass is 370 g/mol. The highest BCUT2D eigenvalue weighted by Gasteiger charge is 2.06. The second-order valence-electron chi connectivity index (χ2n) is 4.12. The molecule has 2 heterocycles. The summed E-state index contributed by atoms with van der Waals surface area (Å²) in [6, 6.07) is 5.74. The number of rotatable bonds is 4. The highest BCUT2D eigenvalue weighted by atomic mass is 127. The molecule has 1 N–H and O–H groups in total. The van der Waals surface area contributed by atoms with Crippen molar-refractivity contribution >= 4 is 28.4 Å². The number of nitrogens with zero attached hydrogens (tertiary/aromatic N) is 3. The van der Waals surface area contributed by atoms with Gasteiger partial charge in [-0.25, -0.2) is 9.97 Å². The zero-order valence-electron chi connectivity index (χ0n) is 10.9. The summed E-state index contributed by atoms with van der Waals surface area (Å²) in [6.45, 7) is 5.10. The molecule has 0 spiro atoms. The summed E-state index contributed by atoms with van der Waals surface area (Å²) in [4.78, 5) is 20.7. The summed E-state index contributed by atoms with van der Waals surface area (Å²) in [5.74, 6) is 0.822. The van der Waals surface area contributed by atoms with Crippen molar-refractivity contribution in [2.45, 2.75) is 20.4 Å². The first-order valence-electron chi connectivity index (χ1n) is 6.03. The Bertz CT molecular complexity index is 639. The summed E-state index contributed by atoms with van der Waals surface area (Å²) in [7, 11) is 0. The average molecular weight is 370 g/mol. The van der Waals surface area contributed by atoms with E-state index in [1.807, 2.05) is 54.6 Å². The van der Waals surface area contributed by atoms with E-state index in [-0.39, 0.29) is 5.56 Å². The van der Waals surface area contributed by atoms with Crippen LogP contribution in [0.2, 0.25) is 0 Å². The fourth-order valence-electron chi connectivity index (χ4n) is 1.68. The van der Waals surface area contributed by atoms with E-state index < -0.39 is 0 Å². The predicted octanol–water partition coefficient (Wildman–Crippen LogP) is 2.03. The fourth-order valence-corrected chi connectivity index (χ4v) is 2.13. The largest absolute Gasteiger partial charge is 0.370 e. The molecule has 2 aromatic rings. The van der Waals surface area contributed by atoms with Gasteiger partial charge in [0.2, 0.25) is 0 Å². The van der Waals surface area contributed by atoms with Gasteiger partial charge < -0.3 is 5.32 Å². The standard InChI is InChI=1S/C13H15IN4O/c1-3-15-11-6-4-5-10(17-11)7-18-8-16-9(2)12(14)13(18)19/h4-6,8H,3,7H2,1-2H3,(H,15,17). The second kappa shape index (κ2) is 6.14. The van der Waals surface area contributed by atoms with Crippen molar-refractivity contribution in [2.24, 2.45) is 0 Å². The molecule has 0 unspecified atom stereocenters. The highest BCUT2D eigenvalue weighted by Crippen LogP contribution is 2.06. The molecule has 0 amide bonds. The molecule has 0 bridgehead atoms. The number of anilines is 1. The van der Waals surface area contributed by atoms with Crippen molar-refractivity contribution in [3.63, 3.8) is 0 Å². The Labute approximate surface area is 125 Å². The van der Waals surface area contributed by atoms with Crippen molar-refractivity contribution in [3.05, 3.63) is 49.8 Å². The minimum Gasteiger partial charge on any atom is -0.370 e. The van der Waals surface area contributed by atoms with Crippen molar-refractivity contribution in [2.75, 3.05) is 11.9 Å². The Morgan fingerprint density at radius 3 is 2.95 bits per heavy atom. The summed E-state index contributed by atoms with van der Waals surface area (Å²) >= 11 is 2.03. The maximum absolute atomic E-state index is 12.1. The molecule has 19 heavy (non-hydrogen) atoms. The normalized spacial score (nSPS) is 10.5. The van der Waals surface area contributed by atoms with Gasteiger partial charge >= 0.3 is 0 Å². The number of hydrogen-bond acceptors (Lipinski definition) is 4. The summed E-state index contributed by atoms with van der Waals surface area (Å²) in [6.07, 6.45) is 1.57. The van der Waals surface area contributed by atoms with Crippen LogP contribution in [-0.2, 0) is 6.54 Å². The number of nitrogens with one attached hydrogen (secondary N) is 1. The minimum absolute atomic E-state index is 0.0243. The number of aryl methyl sites for hydroxylation is 1. The van der Waals surface area contributed by atoms with Crippen LogP contribution in [-0.4, -0.2) is 21.1 Å². The molecule has 2 rings (SSSR count). The number of halogens is 1. The maximum Gasteiger partial charge on any atom is 0.267 e. The lowest BCUT2D eigenvalue weighted by Crippen LogP contribution is -2.25.